The molecule has 0 aromatic rings. The molecule has 0 atom stereocenters. The van der Waals surface area contributed by atoms with Crippen LogP contribution < -0.4 is 0 Å². The minimum atomic E-state index is -0.775. The van der Waals surface area contributed by atoms with Crippen molar-refractivity contribution in [1.82, 2.24) is 10.1 Å². The molecule has 0 radical (unpaired) electrons. The van der Waals surface area contributed by atoms with Gasteiger partial charge in [0.1, 0.15) is 0 Å². The smallest absolute Gasteiger partial charge is 0.426 e. The maximum atomic E-state index is 13.0. The van der Waals surface area contributed by atoms with Crippen molar-refractivity contribution in [2.75, 3.05) is 39.6 Å². The minimum absolute atomic E-state index is 0.239. The first-order valence-electron chi connectivity index (χ1n) is 23.8. The van der Waals surface area contributed by atoms with Crippen molar-refractivity contribution in [2.24, 2.45) is 0 Å². The maximum absolute atomic E-state index is 13.0. The van der Waals surface area contributed by atoms with Gasteiger partial charge >= 0.3 is 6.16 Å². The lowest BCUT2D eigenvalue weighted by molar-refractivity contribution is -0.379. The van der Waals surface area contributed by atoms with E-state index in [9.17, 15) is 4.79 Å². The minimum Gasteiger partial charge on any atom is -0.426 e. The SMILES string of the molecule is CCCCCCCCCCCON1C(C)(C)CC2(CC1(C)C)OCC(OC(=O)OC1COC3(CC(C)(C)N(OCCCCCCCCCCC)C(C)(C)C3)OC1)CO2. The molecular weight excluding hydrogens is 737 g/mol. The molecule has 0 unspecified atom stereocenters. The molecule has 0 aliphatic carbocycles. The summed E-state index contributed by atoms with van der Waals surface area (Å²) < 4.78 is 37.1. The number of piperidine rings is 2. The molecule has 0 aromatic heterocycles. The van der Waals surface area contributed by atoms with Crippen molar-refractivity contribution in [3.63, 3.8) is 0 Å². The molecule has 11 nitrogen and oxygen atoms in total. The molecule has 4 saturated heterocycles. The summed E-state index contributed by atoms with van der Waals surface area (Å²) in [6.07, 6.45) is 23.9. The zero-order valence-corrected chi connectivity index (χ0v) is 39.0. The number of unbranched alkanes of at least 4 members (excludes halogenated alkanes) is 16. The predicted molar refractivity (Wildman–Crippen MR) is 229 cm³/mol. The molecule has 11 heteroatoms. The second-order valence-electron chi connectivity index (χ2n) is 20.7. The number of ether oxygens (including phenoxy) is 6. The van der Waals surface area contributed by atoms with Crippen molar-refractivity contribution in [3.05, 3.63) is 0 Å². The number of carbonyl (C=O) groups is 1. The molecule has 2 spiro atoms. The summed E-state index contributed by atoms with van der Waals surface area (Å²) in [4.78, 5) is 25.9. The van der Waals surface area contributed by atoms with Crippen LogP contribution in [0.3, 0.4) is 0 Å². The van der Waals surface area contributed by atoms with Crippen LogP contribution in [-0.4, -0.2) is 102 Å². The van der Waals surface area contributed by atoms with E-state index in [1.807, 2.05) is 0 Å². The summed E-state index contributed by atoms with van der Waals surface area (Å²) >= 11 is 0. The van der Waals surface area contributed by atoms with Gasteiger partial charge in [0.15, 0.2) is 23.8 Å². The third-order valence-corrected chi connectivity index (χ3v) is 12.6. The molecule has 58 heavy (non-hydrogen) atoms. The van der Waals surface area contributed by atoms with Gasteiger partial charge in [0.25, 0.3) is 0 Å². The number of hydrogen-bond donors (Lipinski definition) is 0. The number of carbonyl (C=O) groups excluding carboxylic acids is 1. The van der Waals surface area contributed by atoms with Crippen molar-refractivity contribution in [1.29, 1.82) is 0 Å². The molecule has 4 heterocycles. The van der Waals surface area contributed by atoms with Gasteiger partial charge in [-0.05, 0) is 68.2 Å². The maximum Gasteiger partial charge on any atom is 0.509 e. The monoisotopic (exact) mass is 825 g/mol. The first-order chi connectivity index (χ1) is 27.5. The van der Waals surface area contributed by atoms with E-state index in [0.29, 0.717) is 25.7 Å². The van der Waals surface area contributed by atoms with Gasteiger partial charge in [-0.1, -0.05) is 117 Å². The first kappa shape index (κ1) is 49.6. The van der Waals surface area contributed by atoms with Gasteiger partial charge in [-0.25, -0.2) is 4.79 Å². The van der Waals surface area contributed by atoms with E-state index >= 15 is 0 Å². The van der Waals surface area contributed by atoms with Crippen LogP contribution in [-0.2, 0) is 38.1 Å². The molecule has 4 aliphatic rings. The van der Waals surface area contributed by atoms with Crippen molar-refractivity contribution < 1.29 is 42.9 Å². The Hall–Kier alpha value is -1.05. The van der Waals surface area contributed by atoms with Gasteiger partial charge in [0, 0.05) is 47.8 Å². The lowest BCUT2D eigenvalue weighted by Gasteiger charge is -2.58. The Labute approximate surface area is 354 Å². The molecule has 0 bridgehead atoms. The Kier molecular flexibility index (Phi) is 19.6. The normalized spacial score (nSPS) is 24.3. The van der Waals surface area contributed by atoms with Crippen LogP contribution >= 0.6 is 0 Å². The van der Waals surface area contributed by atoms with E-state index in [4.69, 9.17) is 38.1 Å². The largest absolute Gasteiger partial charge is 0.509 e. The Morgan fingerprint density at radius 1 is 0.448 bits per heavy atom. The fourth-order valence-electron chi connectivity index (χ4n) is 10.5. The van der Waals surface area contributed by atoms with Crippen molar-refractivity contribution in [3.8, 4) is 0 Å². The fourth-order valence-corrected chi connectivity index (χ4v) is 10.5. The van der Waals surface area contributed by atoms with Crippen LogP contribution in [0.2, 0.25) is 0 Å². The van der Waals surface area contributed by atoms with Gasteiger partial charge in [-0.15, -0.1) is 0 Å². The molecule has 0 saturated carbocycles. The topological polar surface area (TPSA) is 97.4 Å². The van der Waals surface area contributed by atoms with Crippen LogP contribution in [0.5, 0.6) is 0 Å². The molecular formula is C47H88N2O9. The average molecular weight is 825 g/mol. The molecule has 340 valence electrons. The van der Waals surface area contributed by atoms with E-state index in [-0.39, 0.29) is 48.6 Å². The van der Waals surface area contributed by atoms with E-state index in [1.165, 1.54) is 103 Å². The van der Waals surface area contributed by atoms with E-state index in [0.717, 1.165) is 26.1 Å². The lowest BCUT2D eigenvalue weighted by atomic mass is 9.77. The Morgan fingerprint density at radius 2 is 0.707 bits per heavy atom. The third-order valence-electron chi connectivity index (χ3n) is 12.6. The molecule has 0 N–H and O–H groups in total. The second kappa shape index (κ2) is 22.9. The van der Waals surface area contributed by atoms with Crippen molar-refractivity contribution >= 4 is 6.16 Å². The number of hydrogen-bond acceptors (Lipinski definition) is 11. The van der Waals surface area contributed by atoms with Gasteiger partial charge in [-0.2, -0.15) is 10.1 Å². The van der Waals surface area contributed by atoms with E-state index < -0.39 is 29.9 Å². The quantitative estimate of drug-likeness (QED) is 0.0687. The van der Waals surface area contributed by atoms with E-state index in [1.54, 1.807) is 0 Å². The van der Waals surface area contributed by atoms with Gasteiger partial charge < -0.3 is 28.4 Å². The summed E-state index contributed by atoms with van der Waals surface area (Å²) in [6.45, 7) is 24.4. The summed E-state index contributed by atoms with van der Waals surface area (Å²) in [5.41, 5.74) is -1.25. The highest BCUT2D eigenvalue weighted by molar-refractivity contribution is 5.60. The van der Waals surface area contributed by atoms with Gasteiger partial charge in [0.2, 0.25) is 0 Å². The Balaban J connectivity index is 1.13. The van der Waals surface area contributed by atoms with Crippen molar-refractivity contribution in [2.45, 2.75) is 256 Å². The summed E-state index contributed by atoms with van der Waals surface area (Å²) in [6, 6.07) is 0. The highest BCUT2D eigenvalue weighted by atomic mass is 16.8. The average Bonchev–Trinajstić information content (AvgIpc) is 3.13. The van der Waals surface area contributed by atoms with Crippen LogP contribution in [0, 0.1) is 0 Å². The van der Waals surface area contributed by atoms with Crippen LogP contribution in [0.1, 0.15) is 210 Å². The van der Waals surface area contributed by atoms with Crippen LogP contribution in [0.4, 0.5) is 4.79 Å². The second-order valence-corrected chi connectivity index (χ2v) is 20.7. The fraction of sp³-hybridized carbons (Fsp3) is 0.979. The molecule has 0 amide bonds. The van der Waals surface area contributed by atoms with Gasteiger partial charge in [-0.3, -0.25) is 9.68 Å². The Bertz CT molecular complexity index is 1050. The van der Waals surface area contributed by atoms with Crippen LogP contribution in [0.25, 0.3) is 0 Å². The molecule has 4 aliphatic heterocycles. The number of rotatable bonds is 24. The zero-order chi connectivity index (χ0) is 42.3. The number of hydroxylamine groups is 4. The zero-order valence-electron chi connectivity index (χ0n) is 39.0. The van der Waals surface area contributed by atoms with Gasteiger partial charge in [0.05, 0.1) is 39.6 Å². The standard InChI is InChI=1S/C47H88N2O9/c1-11-13-15-17-19-21-23-25-27-29-55-48-42(3,4)35-46(36-43(48,5)6)51-31-39(32-52-46)57-41(50)58-40-33-53-47(54-34-40)37-44(7,8)49(45(9,10)38-47)56-30-28-26-24-22-20-18-16-14-12-2/h39-40H,11-38H2,1-10H3. The summed E-state index contributed by atoms with van der Waals surface area (Å²) in [7, 11) is 0. The highest BCUT2D eigenvalue weighted by Gasteiger charge is 2.58. The van der Waals surface area contributed by atoms with Crippen LogP contribution in [0.15, 0.2) is 0 Å². The Morgan fingerprint density at radius 3 is 0.983 bits per heavy atom. The first-order valence-corrected chi connectivity index (χ1v) is 23.8. The number of nitrogens with zero attached hydrogens (tertiary/aromatic N) is 2. The summed E-state index contributed by atoms with van der Waals surface area (Å²) in [5, 5.41) is 4.33. The lowest BCUT2D eigenvalue weighted by Crippen LogP contribution is -2.68. The highest BCUT2D eigenvalue weighted by Crippen LogP contribution is 2.49. The third kappa shape index (κ3) is 15.1. The molecule has 4 rings (SSSR count). The summed E-state index contributed by atoms with van der Waals surface area (Å²) in [5.74, 6) is -1.55. The molecule has 0 aromatic carbocycles. The molecule has 4 fully saturated rings. The predicted octanol–water partition coefficient (Wildman–Crippen LogP) is 11.6. The van der Waals surface area contributed by atoms with E-state index in [2.05, 4.69) is 79.4 Å².